The smallest absolute Gasteiger partial charge is 0.238 e. The van der Waals surface area contributed by atoms with Crippen molar-refractivity contribution in [1.82, 2.24) is 5.32 Å². The van der Waals surface area contributed by atoms with Gasteiger partial charge in [0.2, 0.25) is 5.91 Å². The van der Waals surface area contributed by atoms with E-state index in [-0.39, 0.29) is 11.7 Å². The zero-order valence-electron chi connectivity index (χ0n) is 11.3. The van der Waals surface area contributed by atoms with Crippen LogP contribution < -0.4 is 11.1 Å². The van der Waals surface area contributed by atoms with Crippen LogP contribution in [0.15, 0.2) is 0 Å². The number of hydrogen-bond acceptors (Lipinski definition) is 4. The molecule has 17 heavy (non-hydrogen) atoms. The Labute approximate surface area is 104 Å². The summed E-state index contributed by atoms with van der Waals surface area (Å²) in [7, 11) is -3.44. The fourth-order valence-electron chi connectivity index (χ4n) is 1.24. The highest BCUT2D eigenvalue weighted by Gasteiger charge is 2.30. The minimum Gasteiger partial charge on any atom is -0.350 e. The van der Waals surface area contributed by atoms with E-state index >= 15 is 0 Å². The van der Waals surface area contributed by atoms with Crippen molar-refractivity contribution in [2.75, 3.05) is 12.3 Å². The quantitative estimate of drug-likeness (QED) is 0.747. The third-order valence-electron chi connectivity index (χ3n) is 2.33. The number of hydrogen-bond donors (Lipinski definition) is 2. The molecule has 3 N–H and O–H groups in total. The molecule has 0 aromatic carbocycles. The lowest BCUT2D eigenvalue weighted by Gasteiger charge is -2.23. The molecule has 102 valence electrons. The fraction of sp³-hybridized carbons (Fsp3) is 0.909. The summed E-state index contributed by atoms with van der Waals surface area (Å²) in [6, 6.07) is 0. The van der Waals surface area contributed by atoms with Crippen molar-refractivity contribution in [1.29, 1.82) is 0 Å². The molecule has 2 unspecified atom stereocenters. The van der Waals surface area contributed by atoms with Crippen LogP contribution in [0, 0.1) is 5.92 Å². The number of nitrogens with two attached hydrogens (primary N) is 1. The van der Waals surface area contributed by atoms with E-state index in [1.807, 2.05) is 20.8 Å². The van der Waals surface area contributed by atoms with E-state index in [0.29, 0.717) is 6.54 Å². The SMILES string of the molecule is CC(CN)CS(=O)(=O)C(C)C(=O)NC(C)(C)C. The van der Waals surface area contributed by atoms with Crippen LogP contribution in [-0.2, 0) is 14.6 Å². The van der Waals surface area contributed by atoms with E-state index in [9.17, 15) is 13.2 Å². The first kappa shape index (κ1) is 16.4. The Bertz CT molecular complexity index is 357. The van der Waals surface area contributed by atoms with Crippen LogP contribution >= 0.6 is 0 Å². The molecular formula is C11H24N2O3S. The molecule has 0 bridgehead atoms. The van der Waals surface area contributed by atoms with Crippen molar-refractivity contribution in [2.45, 2.75) is 45.4 Å². The summed E-state index contributed by atoms with van der Waals surface area (Å²) in [5.74, 6) is -0.644. The lowest BCUT2D eigenvalue weighted by Crippen LogP contribution is -2.48. The van der Waals surface area contributed by atoms with Crippen LogP contribution in [0.25, 0.3) is 0 Å². The molecule has 0 aromatic heterocycles. The van der Waals surface area contributed by atoms with Gasteiger partial charge in [-0.25, -0.2) is 8.42 Å². The highest BCUT2D eigenvalue weighted by atomic mass is 32.2. The summed E-state index contributed by atoms with van der Waals surface area (Å²) in [5, 5.41) is 1.64. The van der Waals surface area contributed by atoms with Gasteiger partial charge in [-0.2, -0.15) is 0 Å². The normalized spacial score (nSPS) is 16.4. The van der Waals surface area contributed by atoms with Gasteiger partial charge < -0.3 is 11.1 Å². The Morgan fingerprint density at radius 3 is 2.12 bits per heavy atom. The Morgan fingerprint density at radius 2 is 1.76 bits per heavy atom. The van der Waals surface area contributed by atoms with Gasteiger partial charge in [0.25, 0.3) is 0 Å². The molecule has 0 aliphatic rings. The van der Waals surface area contributed by atoms with Gasteiger partial charge in [-0.15, -0.1) is 0 Å². The van der Waals surface area contributed by atoms with Crippen molar-refractivity contribution in [2.24, 2.45) is 11.7 Å². The van der Waals surface area contributed by atoms with Crippen LogP contribution in [0.4, 0.5) is 0 Å². The molecule has 0 heterocycles. The van der Waals surface area contributed by atoms with E-state index in [1.165, 1.54) is 6.92 Å². The summed E-state index contributed by atoms with van der Waals surface area (Å²) < 4.78 is 23.8. The predicted octanol–water partition coefficient (Wildman–Crippen LogP) is 0.299. The van der Waals surface area contributed by atoms with E-state index < -0.39 is 26.5 Å². The minimum atomic E-state index is -3.44. The van der Waals surface area contributed by atoms with E-state index in [0.717, 1.165) is 0 Å². The fourth-order valence-corrected chi connectivity index (χ4v) is 2.85. The molecule has 0 fully saturated rings. The van der Waals surface area contributed by atoms with Crippen molar-refractivity contribution >= 4 is 15.7 Å². The number of carbonyl (C=O) groups excluding carboxylic acids is 1. The predicted molar refractivity (Wildman–Crippen MR) is 69.4 cm³/mol. The van der Waals surface area contributed by atoms with Gasteiger partial charge in [0, 0.05) is 5.54 Å². The second-order valence-corrected chi connectivity index (χ2v) is 7.92. The summed E-state index contributed by atoms with van der Waals surface area (Å²) in [6.45, 7) is 8.91. The first-order valence-corrected chi connectivity index (χ1v) is 7.45. The summed E-state index contributed by atoms with van der Waals surface area (Å²) in [4.78, 5) is 11.8. The number of nitrogens with one attached hydrogen (secondary N) is 1. The molecule has 0 aliphatic carbocycles. The van der Waals surface area contributed by atoms with Crippen molar-refractivity contribution in [3.63, 3.8) is 0 Å². The van der Waals surface area contributed by atoms with Gasteiger partial charge in [0.15, 0.2) is 9.84 Å². The van der Waals surface area contributed by atoms with Crippen LogP contribution in [0.1, 0.15) is 34.6 Å². The maximum atomic E-state index is 11.9. The number of carbonyl (C=O) groups is 1. The van der Waals surface area contributed by atoms with Crippen LogP contribution in [0.5, 0.6) is 0 Å². The zero-order valence-corrected chi connectivity index (χ0v) is 12.1. The summed E-state index contributed by atoms with van der Waals surface area (Å²) in [5.41, 5.74) is 4.96. The number of amides is 1. The first-order chi connectivity index (χ1) is 7.49. The zero-order chi connectivity index (χ0) is 13.9. The molecule has 0 aliphatic heterocycles. The molecule has 2 atom stereocenters. The third-order valence-corrected chi connectivity index (χ3v) is 4.65. The lowest BCUT2D eigenvalue weighted by atomic mass is 10.1. The van der Waals surface area contributed by atoms with E-state index in [2.05, 4.69) is 5.32 Å². The second-order valence-electron chi connectivity index (χ2n) is 5.55. The molecule has 0 aromatic rings. The largest absolute Gasteiger partial charge is 0.350 e. The summed E-state index contributed by atoms with van der Waals surface area (Å²) in [6.07, 6.45) is 0. The molecule has 1 amide bonds. The van der Waals surface area contributed by atoms with Gasteiger partial charge in [0.1, 0.15) is 5.25 Å². The molecule has 5 nitrogen and oxygen atoms in total. The Morgan fingerprint density at radius 1 is 1.29 bits per heavy atom. The van der Waals surface area contributed by atoms with E-state index in [1.54, 1.807) is 6.92 Å². The van der Waals surface area contributed by atoms with Gasteiger partial charge in [-0.05, 0) is 40.2 Å². The standard InChI is InChI=1S/C11H24N2O3S/c1-8(6-12)7-17(15,16)9(2)10(14)13-11(3,4)5/h8-9H,6-7,12H2,1-5H3,(H,13,14). The van der Waals surface area contributed by atoms with Crippen molar-refractivity contribution < 1.29 is 13.2 Å². The topological polar surface area (TPSA) is 89.3 Å². The molecule has 0 saturated heterocycles. The van der Waals surface area contributed by atoms with Crippen LogP contribution in [-0.4, -0.2) is 37.4 Å². The van der Waals surface area contributed by atoms with Crippen LogP contribution in [0.3, 0.4) is 0 Å². The third kappa shape index (κ3) is 6.02. The highest BCUT2D eigenvalue weighted by molar-refractivity contribution is 7.92. The summed E-state index contributed by atoms with van der Waals surface area (Å²) >= 11 is 0. The van der Waals surface area contributed by atoms with Crippen molar-refractivity contribution in [3.8, 4) is 0 Å². The maximum Gasteiger partial charge on any atom is 0.238 e. The van der Waals surface area contributed by atoms with Gasteiger partial charge in [-0.1, -0.05) is 6.92 Å². The average Bonchev–Trinajstić information content (AvgIpc) is 2.13. The molecule has 0 radical (unpaired) electrons. The monoisotopic (exact) mass is 264 g/mol. The van der Waals surface area contributed by atoms with Gasteiger partial charge >= 0.3 is 0 Å². The molecular weight excluding hydrogens is 240 g/mol. The second kappa shape index (κ2) is 5.82. The highest BCUT2D eigenvalue weighted by Crippen LogP contribution is 2.09. The average molecular weight is 264 g/mol. The van der Waals surface area contributed by atoms with E-state index in [4.69, 9.17) is 5.73 Å². The van der Waals surface area contributed by atoms with Crippen molar-refractivity contribution in [3.05, 3.63) is 0 Å². The Balaban J connectivity index is 4.69. The Kier molecular flexibility index (Phi) is 5.61. The van der Waals surface area contributed by atoms with Gasteiger partial charge in [0.05, 0.1) is 5.75 Å². The number of sulfone groups is 1. The molecule has 0 saturated carbocycles. The molecule has 6 heteroatoms. The van der Waals surface area contributed by atoms with Gasteiger partial charge in [-0.3, -0.25) is 4.79 Å². The lowest BCUT2D eigenvalue weighted by molar-refractivity contribution is -0.121. The Hall–Kier alpha value is -0.620. The first-order valence-electron chi connectivity index (χ1n) is 5.73. The minimum absolute atomic E-state index is 0.0533. The maximum absolute atomic E-state index is 11.9. The molecule has 0 spiro atoms. The van der Waals surface area contributed by atoms with Crippen LogP contribution in [0.2, 0.25) is 0 Å². The molecule has 0 rings (SSSR count). The number of rotatable bonds is 5.